The summed E-state index contributed by atoms with van der Waals surface area (Å²) in [5.41, 5.74) is 2.20. The van der Waals surface area contributed by atoms with E-state index in [2.05, 4.69) is 16.4 Å². The molecule has 3 rings (SSSR count). The number of nitrogens with one attached hydrogen (secondary N) is 1. The zero-order chi connectivity index (χ0) is 20.5. The first-order valence-corrected chi connectivity index (χ1v) is 9.20. The smallest absolute Gasteiger partial charge is 0.240 e. The number of hydrogen-bond donors (Lipinski definition) is 1. The molecule has 1 N–H and O–H groups in total. The van der Waals surface area contributed by atoms with Gasteiger partial charge in [0.25, 0.3) is 0 Å². The van der Waals surface area contributed by atoms with Crippen molar-refractivity contribution < 1.29 is 9.18 Å². The van der Waals surface area contributed by atoms with Crippen LogP contribution in [0.4, 0.5) is 4.39 Å². The second-order valence-corrected chi connectivity index (χ2v) is 7.63. The highest BCUT2D eigenvalue weighted by Crippen LogP contribution is 2.26. The Morgan fingerprint density at radius 1 is 1.32 bits per heavy atom. The Hall–Kier alpha value is -2.91. The van der Waals surface area contributed by atoms with E-state index in [1.54, 1.807) is 0 Å². The number of carbonyl (C=O) groups excluding carboxylic acids is 1. The molecule has 0 bridgehead atoms. The first kappa shape index (κ1) is 19.8. The van der Waals surface area contributed by atoms with Crippen molar-refractivity contribution in [2.75, 3.05) is 0 Å². The maximum absolute atomic E-state index is 13.7. The van der Waals surface area contributed by atoms with E-state index < -0.39 is 11.2 Å². The normalized spacial score (nSPS) is 12.6. The van der Waals surface area contributed by atoms with Gasteiger partial charge in [0.05, 0.1) is 34.9 Å². The summed E-state index contributed by atoms with van der Waals surface area (Å²) < 4.78 is 15.3. The number of carbonyl (C=O) groups is 1. The van der Waals surface area contributed by atoms with Gasteiger partial charge < -0.3 is 9.88 Å². The molecule has 2 aromatic carbocycles. The van der Waals surface area contributed by atoms with Crippen LogP contribution < -0.4 is 5.32 Å². The predicted octanol–water partition coefficient (Wildman–Crippen LogP) is 4.51. The highest BCUT2D eigenvalue weighted by atomic mass is 35.5. The molecule has 28 heavy (non-hydrogen) atoms. The fourth-order valence-corrected chi connectivity index (χ4v) is 3.26. The molecule has 7 heteroatoms. The van der Waals surface area contributed by atoms with Crippen molar-refractivity contribution in [1.29, 1.82) is 5.26 Å². The van der Waals surface area contributed by atoms with E-state index in [9.17, 15) is 14.4 Å². The number of imidazole rings is 1. The first-order chi connectivity index (χ1) is 13.2. The van der Waals surface area contributed by atoms with Gasteiger partial charge in [-0.05, 0) is 44.0 Å². The van der Waals surface area contributed by atoms with Crippen LogP contribution in [-0.2, 0) is 16.8 Å². The predicted molar refractivity (Wildman–Crippen MR) is 106 cm³/mol. The highest BCUT2D eigenvalue weighted by Gasteiger charge is 2.20. The standard InChI is InChI=1S/C21H20ClFN4O/c1-13(14-4-6-15(7-5-14)21(2,3)11-24)26-18(28)10-27-12-25-17-9-8-16(23)19(22)20(17)27/h4-9,12-13H,10H2,1-3H3,(H,26,28)/t13-/m1/s1. The number of benzene rings is 2. The molecule has 0 saturated carbocycles. The third-order valence-electron chi connectivity index (χ3n) is 4.77. The molecule has 5 nitrogen and oxygen atoms in total. The Morgan fingerprint density at radius 2 is 2.00 bits per heavy atom. The number of fused-ring (bicyclic) bond motifs is 1. The van der Waals surface area contributed by atoms with Crippen LogP contribution in [0, 0.1) is 17.1 Å². The maximum Gasteiger partial charge on any atom is 0.240 e. The molecular formula is C21H20ClFN4O. The summed E-state index contributed by atoms with van der Waals surface area (Å²) in [7, 11) is 0. The maximum atomic E-state index is 13.7. The van der Waals surface area contributed by atoms with Crippen molar-refractivity contribution in [3.63, 3.8) is 0 Å². The Bertz CT molecular complexity index is 1070. The van der Waals surface area contributed by atoms with Gasteiger partial charge in [-0.2, -0.15) is 5.26 Å². The lowest BCUT2D eigenvalue weighted by Gasteiger charge is -2.19. The molecule has 1 amide bonds. The first-order valence-electron chi connectivity index (χ1n) is 8.83. The summed E-state index contributed by atoms with van der Waals surface area (Å²) in [6.07, 6.45) is 1.47. The van der Waals surface area contributed by atoms with E-state index in [1.807, 2.05) is 45.0 Å². The molecule has 0 aliphatic carbocycles. The van der Waals surface area contributed by atoms with Gasteiger partial charge in [-0.25, -0.2) is 9.37 Å². The van der Waals surface area contributed by atoms with Gasteiger partial charge in [0.1, 0.15) is 17.4 Å². The summed E-state index contributed by atoms with van der Waals surface area (Å²) in [5.74, 6) is -0.793. The van der Waals surface area contributed by atoms with Crippen molar-refractivity contribution in [3.8, 4) is 6.07 Å². The van der Waals surface area contributed by atoms with Crippen LogP contribution in [0.15, 0.2) is 42.7 Å². The minimum Gasteiger partial charge on any atom is -0.348 e. The number of hydrogen-bond acceptors (Lipinski definition) is 3. The quantitative estimate of drug-likeness (QED) is 0.687. The molecule has 0 aliphatic rings. The van der Waals surface area contributed by atoms with E-state index in [4.69, 9.17) is 11.6 Å². The van der Waals surface area contributed by atoms with Crippen LogP contribution in [0.25, 0.3) is 11.0 Å². The highest BCUT2D eigenvalue weighted by molar-refractivity contribution is 6.35. The largest absolute Gasteiger partial charge is 0.348 e. The zero-order valence-electron chi connectivity index (χ0n) is 15.8. The lowest BCUT2D eigenvalue weighted by molar-refractivity contribution is -0.122. The van der Waals surface area contributed by atoms with E-state index in [-0.39, 0.29) is 23.5 Å². The molecule has 0 aliphatic heterocycles. The number of aromatic nitrogens is 2. The molecule has 1 aromatic heterocycles. The summed E-state index contributed by atoms with van der Waals surface area (Å²) in [6, 6.07) is 12.4. The fourth-order valence-electron chi connectivity index (χ4n) is 2.99. The third-order valence-corrected chi connectivity index (χ3v) is 5.13. The molecule has 0 spiro atoms. The van der Waals surface area contributed by atoms with Crippen LogP contribution in [0.1, 0.15) is 37.9 Å². The molecule has 0 saturated heterocycles. The number of nitrogens with zero attached hydrogens (tertiary/aromatic N) is 3. The summed E-state index contributed by atoms with van der Waals surface area (Å²) >= 11 is 6.03. The molecule has 1 heterocycles. The Labute approximate surface area is 167 Å². The van der Waals surface area contributed by atoms with Crippen molar-refractivity contribution in [1.82, 2.24) is 14.9 Å². The van der Waals surface area contributed by atoms with Crippen LogP contribution in [0.5, 0.6) is 0 Å². The van der Waals surface area contributed by atoms with Gasteiger partial charge >= 0.3 is 0 Å². The molecule has 0 fully saturated rings. The molecule has 0 unspecified atom stereocenters. The molecule has 1 atom stereocenters. The van der Waals surface area contributed by atoms with Crippen molar-refractivity contribution in [2.45, 2.75) is 38.8 Å². The van der Waals surface area contributed by atoms with Crippen LogP contribution in [-0.4, -0.2) is 15.5 Å². The van der Waals surface area contributed by atoms with Gasteiger partial charge in [-0.15, -0.1) is 0 Å². The zero-order valence-corrected chi connectivity index (χ0v) is 16.6. The topological polar surface area (TPSA) is 70.7 Å². The molecule has 0 radical (unpaired) electrons. The summed E-state index contributed by atoms with van der Waals surface area (Å²) in [4.78, 5) is 16.6. The second-order valence-electron chi connectivity index (χ2n) is 7.25. The molecular weight excluding hydrogens is 379 g/mol. The number of halogens is 2. The Morgan fingerprint density at radius 3 is 2.64 bits per heavy atom. The van der Waals surface area contributed by atoms with Crippen molar-refractivity contribution in [3.05, 3.63) is 64.7 Å². The molecule has 3 aromatic rings. The lowest BCUT2D eigenvalue weighted by Crippen LogP contribution is -2.30. The Kier molecular flexibility index (Phi) is 5.39. The van der Waals surface area contributed by atoms with E-state index in [0.29, 0.717) is 11.0 Å². The van der Waals surface area contributed by atoms with Crippen LogP contribution >= 0.6 is 11.6 Å². The van der Waals surface area contributed by atoms with Crippen molar-refractivity contribution >= 4 is 28.5 Å². The van der Waals surface area contributed by atoms with E-state index in [0.717, 1.165) is 11.1 Å². The van der Waals surface area contributed by atoms with Gasteiger partial charge in [-0.3, -0.25) is 4.79 Å². The SMILES string of the molecule is C[C@@H](NC(=O)Cn1cnc2ccc(F)c(Cl)c21)c1ccc(C(C)(C)C#N)cc1. The van der Waals surface area contributed by atoms with Gasteiger partial charge in [-0.1, -0.05) is 35.9 Å². The number of rotatable bonds is 5. The monoisotopic (exact) mass is 398 g/mol. The van der Waals surface area contributed by atoms with Gasteiger partial charge in [0, 0.05) is 0 Å². The minimum absolute atomic E-state index is 0.0242. The Balaban J connectivity index is 1.72. The van der Waals surface area contributed by atoms with Crippen LogP contribution in [0.2, 0.25) is 5.02 Å². The van der Waals surface area contributed by atoms with E-state index >= 15 is 0 Å². The van der Waals surface area contributed by atoms with Crippen LogP contribution in [0.3, 0.4) is 0 Å². The second kappa shape index (κ2) is 7.61. The summed E-state index contributed by atoms with van der Waals surface area (Å²) in [6.45, 7) is 5.57. The van der Waals surface area contributed by atoms with Gasteiger partial charge in [0.2, 0.25) is 5.91 Å². The minimum atomic E-state index is -0.567. The van der Waals surface area contributed by atoms with Gasteiger partial charge in [0.15, 0.2) is 0 Å². The fraction of sp³-hybridized carbons (Fsp3) is 0.286. The lowest BCUT2D eigenvalue weighted by atomic mass is 9.85. The number of amides is 1. The average Bonchev–Trinajstić information content (AvgIpc) is 3.08. The molecule has 144 valence electrons. The number of nitriles is 1. The summed E-state index contributed by atoms with van der Waals surface area (Å²) in [5, 5.41) is 12.1. The third kappa shape index (κ3) is 3.85. The van der Waals surface area contributed by atoms with E-state index in [1.165, 1.54) is 23.0 Å². The average molecular weight is 399 g/mol. The van der Waals surface area contributed by atoms with Crippen molar-refractivity contribution in [2.24, 2.45) is 0 Å².